The second-order valence-corrected chi connectivity index (χ2v) is 6.13. The summed E-state index contributed by atoms with van der Waals surface area (Å²) in [7, 11) is 0. The van der Waals surface area contributed by atoms with E-state index in [1.54, 1.807) is 42.5 Å². The largest absolute Gasteiger partial charge is 0.507 e. The summed E-state index contributed by atoms with van der Waals surface area (Å²) in [6, 6.07) is 18.7. The number of nitrogens with one attached hydrogen (secondary N) is 1. The summed E-state index contributed by atoms with van der Waals surface area (Å²) < 4.78 is 39.0. The third-order valence-electron chi connectivity index (χ3n) is 4.20. The highest BCUT2D eigenvalue weighted by Crippen LogP contribution is 2.33. The summed E-state index contributed by atoms with van der Waals surface area (Å²) in [4.78, 5) is 8.93. The van der Waals surface area contributed by atoms with Crippen LogP contribution in [0.3, 0.4) is 0 Å². The topological polar surface area (TPSA) is 58.0 Å². The average Bonchev–Trinajstić information content (AvgIpc) is 2.68. The smallest absolute Gasteiger partial charge is 0.416 e. The minimum absolute atomic E-state index is 0.0165. The van der Waals surface area contributed by atoms with E-state index in [-0.39, 0.29) is 17.3 Å². The Balaban J connectivity index is 1.84. The van der Waals surface area contributed by atoms with Gasteiger partial charge in [-0.2, -0.15) is 13.2 Å². The molecule has 28 heavy (non-hydrogen) atoms. The second-order valence-electron chi connectivity index (χ2n) is 6.13. The first-order valence-electron chi connectivity index (χ1n) is 8.41. The SMILES string of the molecule is Oc1ccccc1-c1nc(Nc2cccc(C(F)(F)F)c2)c2ccccc2n1. The normalized spacial score (nSPS) is 11.5. The van der Waals surface area contributed by atoms with Crippen LogP contribution in [-0.2, 0) is 6.18 Å². The molecule has 7 heteroatoms. The van der Waals surface area contributed by atoms with Gasteiger partial charge in [0, 0.05) is 11.1 Å². The molecule has 0 bridgehead atoms. The monoisotopic (exact) mass is 381 g/mol. The van der Waals surface area contributed by atoms with Gasteiger partial charge in [0.05, 0.1) is 16.6 Å². The minimum atomic E-state index is -4.44. The van der Waals surface area contributed by atoms with E-state index in [2.05, 4.69) is 15.3 Å². The number of phenols is 1. The van der Waals surface area contributed by atoms with Gasteiger partial charge < -0.3 is 10.4 Å². The molecule has 0 spiro atoms. The van der Waals surface area contributed by atoms with Gasteiger partial charge in [0.25, 0.3) is 0 Å². The molecule has 1 aromatic heterocycles. The lowest BCUT2D eigenvalue weighted by atomic mass is 10.1. The first kappa shape index (κ1) is 17.8. The summed E-state index contributed by atoms with van der Waals surface area (Å²) in [5.41, 5.74) is 0.532. The van der Waals surface area contributed by atoms with E-state index in [9.17, 15) is 18.3 Å². The number of phenolic OH excluding ortho intramolecular Hbond substituents is 1. The summed E-state index contributed by atoms with van der Waals surface area (Å²) >= 11 is 0. The average molecular weight is 381 g/mol. The third kappa shape index (κ3) is 3.46. The molecule has 3 aromatic carbocycles. The number of anilines is 2. The van der Waals surface area contributed by atoms with Gasteiger partial charge in [-0.15, -0.1) is 0 Å². The lowest BCUT2D eigenvalue weighted by molar-refractivity contribution is -0.137. The van der Waals surface area contributed by atoms with E-state index < -0.39 is 11.7 Å². The molecule has 4 aromatic rings. The predicted octanol–water partition coefficient (Wildman–Crippen LogP) is 5.76. The summed E-state index contributed by atoms with van der Waals surface area (Å²) in [5, 5.41) is 13.7. The maximum Gasteiger partial charge on any atom is 0.416 e. The van der Waals surface area contributed by atoms with Crippen molar-refractivity contribution in [1.82, 2.24) is 9.97 Å². The van der Waals surface area contributed by atoms with E-state index in [1.165, 1.54) is 18.2 Å². The van der Waals surface area contributed by atoms with Crippen LogP contribution in [-0.4, -0.2) is 15.1 Å². The van der Waals surface area contributed by atoms with Crippen LogP contribution in [0.5, 0.6) is 5.75 Å². The molecule has 0 saturated heterocycles. The van der Waals surface area contributed by atoms with Crippen molar-refractivity contribution in [2.24, 2.45) is 0 Å². The van der Waals surface area contributed by atoms with Gasteiger partial charge in [0.15, 0.2) is 5.82 Å². The maximum atomic E-state index is 13.0. The van der Waals surface area contributed by atoms with E-state index in [0.717, 1.165) is 12.1 Å². The third-order valence-corrected chi connectivity index (χ3v) is 4.20. The van der Waals surface area contributed by atoms with Crippen LogP contribution in [0.4, 0.5) is 24.7 Å². The Hall–Kier alpha value is -3.61. The molecule has 0 aliphatic rings. The van der Waals surface area contributed by atoms with Gasteiger partial charge in [-0.3, -0.25) is 0 Å². The van der Waals surface area contributed by atoms with Crippen molar-refractivity contribution in [2.45, 2.75) is 6.18 Å². The van der Waals surface area contributed by atoms with Crippen LogP contribution < -0.4 is 5.32 Å². The molecule has 0 aliphatic carbocycles. The number of rotatable bonds is 3. The standard InChI is InChI=1S/C21H14F3N3O/c22-21(23,24)13-6-5-7-14(12-13)25-19-15-8-1-3-10-17(15)26-20(27-19)16-9-2-4-11-18(16)28/h1-12,28H,(H,25,26,27). The van der Waals surface area contributed by atoms with Gasteiger partial charge in [-0.25, -0.2) is 9.97 Å². The zero-order valence-electron chi connectivity index (χ0n) is 14.4. The number of hydrogen-bond donors (Lipinski definition) is 2. The molecular formula is C21H14F3N3O. The van der Waals surface area contributed by atoms with Gasteiger partial charge in [0.2, 0.25) is 0 Å². The van der Waals surface area contributed by atoms with Gasteiger partial charge in [-0.1, -0.05) is 30.3 Å². The zero-order valence-corrected chi connectivity index (χ0v) is 14.4. The van der Waals surface area contributed by atoms with Crippen LogP contribution in [0.15, 0.2) is 72.8 Å². The Morgan fingerprint density at radius 2 is 1.57 bits per heavy atom. The first-order valence-corrected chi connectivity index (χ1v) is 8.41. The Morgan fingerprint density at radius 3 is 2.36 bits per heavy atom. The van der Waals surface area contributed by atoms with E-state index in [4.69, 9.17) is 0 Å². The molecule has 1 heterocycles. The highest BCUT2D eigenvalue weighted by molar-refractivity contribution is 5.92. The number of halogens is 3. The molecule has 2 N–H and O–H groups in total. The van der Waals surface area contributed by atoms with Gasteiger partial charge >= 0.3 is 6.18 Å². The number of aromatic hydroxyl groups is 1. The van der Waals surface area contributed by atoms with Crippen molar-refractivity contribution in [3.63, 3.8) is 0 Å². The lowest BCUT2D eigenvalue weighted by Crippen LogP contribution is -2.06. The highest BCUT2D eigenvalue weighted by atomic mass is 19.4. The molecule has 0 amide bonds. The predicted molar refractivity (Wildman–Crippen MR) is 101 cm³/mol. The van der Waals surface area contributed by atoms with Crippen molar-refractivity contribution in [3.05, 3.63) is 78.4 Å². The Morgan fingerprint density at radius 1 is 0.821 bits per heavy atom. The fraction of sp³-hybridized carbons (Fsp3) is 0.0476. The van der Waals surface area contributed by atoms with Gasteiger partial charge in [-0.05, 0) is 42.5 Å². The molecule has 0 unspecified atom stereocenters. The Labute approximate surface area is 158 Å². The zero-order chi connectivity index (χ0) is 19.7. The molecular weight excluding hydrogens is 367 g/mol. The lowest BCUT2D eigenvalue weighted by Gasteiger charge is -2.13. The maximum absolute atomic E-state index is 13.0. The number of alkyl halides is 3. The van der Waals surface area contributed by atoms with Crippen LogP contribution in [0, 0.1) is 0 Å². The molecule has 0 radical (unpaired) electrons. The quantitative estimate of drug-likeness (QED) is 0.473. The van der Waals surface area contributed by atoms with Crippen LogP contribution in [0.2, 0.25) is 0 Å². The molecule has 0 aliphatic heterocycles. The summed E-state index contributed by atoms with van der Waals surface area (Å²) in [6.07, 6.45) is -4.44. The minimum Gasteiger partial charge on any atom is -0.507 e. The molecule has 0 saturated carbocycles. The molecule has 0 atom stereocenters. The molecule has 4 nitrogen and oxygen atoms in total. The van der Waals surface area contributed by atoms with Crippen molar-refractivity contribution in [3.8, 4) is 17.1 Å². The first-order chi connectivity index (χ1) is 13.4. The van der Waals surface area contributed by atoms with Crippen LogP contribution in [0.25, 0.3) is 22.3 Å². The fourth-order valence-electron chi connectivity index (χ4n) is 2.87. The van der Waals surface area contributed by atoms with E-state index in [1.807, 2.05) is 0 Å². The van der Waals surface area contributed by atoms with E-state index >= 15 is 0 Å². The number of benzene rings is 3. The van der Waals surface area contributed by atoms with E-state index in [0.29, 0.717) is 22.3 Å². The highest BCUT2D eigenvalue weighted by Gasteiger charge is 2.30. The number of hydrogen-bond acceptors (Lipinski definition) is 4. The fourth-order valence-corrected chi connectivity index (χ4v) is 2.87. The van der Waals surface area contributed by atoms with Gasteiger partial charge in [0.1, 0.15) is 11.6 Å². The number of aromatic nitrogens is 2. The summed E-state index contributed by atoms with van der Waals surface area (Å²) in [5.74, 6) is 0.636. The van der Waals surface area contributed by atoms with Crippen molar-refractivity contribution >= 4 is 22.4 Å². The number of para-hydroxylation sites is 2. The molecule has 140 valence electrons. The Kier molecular flexibility index (Phi) is 4.35. The van der Waals surface area contributed by atoms with Crippen LogP contribution in [0.1, 0.15) is 5.56 Å². The van der Waals surface area contributed by atoms with Crippen molar-refractivity contribution in [1.29, 1.82) is 0 Å². The van der Waals surface area contributed by atoms with Crippen molar-refractivity contribution < 1.29 is 18.3 Å². The van der Waals surface area contributed by atoms with Crippen LogP contribution >= 0.6 is 0 Å². The van der Waals surface area contributed by atoms with Crippen molar-refractivity contribution in [2.75, 3.05) is 5.32 Å². The molecule has 4 rings (SSSR count). The summed E-state index contributed by atoms with van der Waals surface area (Å²) in [6.45, 7) is 0. The Bertz CT molecular complexity index is 1160. The molecule has 0 fully saturated rings. The second kappa shape index (κ2) is 6.84. The number of fused-ring (bicyclic) bond motifs is 1. The number of nitrogens with zero attached hydrogens (tertiary/aromatic N) is 2.